The van der Waals surface area contributed by atoms with Gasteiger partial charge in [-0.1, -0.05) is 12.5 Å². The molecule has 0 radical (unpaired) electrons. The number of halogens is 2. The van der Waals surface area contributed by atoms with Gasteiger partial charge in [-0.15, -0.1) is 0 Å². The highest BCUT2D eigenvalue weighted by molar-refractivity contribution is 5.22. The van der Waals surface area contributed by atoms with Crippen LogP contribution >= 0.6 is 0 Å². The zero-order valence-electron chi connectivity index (χ0n) is 11.8. The van der Waals surface area contributed by atoms with E-state index in [1.54, 1.807) is 0 Å². The van der Waals surface area contributed by atoms with E-state index in [-0.39, 0.29) is 12.0 Å². The molecule has 3 rings (SSSR count). The average molecular weight is 281 g/mol. The molecule has 2 aliphatic heterocycles. The lowest BCUT2D eigenvalue weighted by Gasteiger charge is -2.50. The van der Waals surface area contributed by atoms with Gasteiger partial charge in [-0.3, -0.25) is 0 Å². The van der Waals surface area contributed by atoms with Crippen LogP contribution in [-0.2, 0) is 6.42 Å². The molecule has 20 heavy (non-hydrogen) atoms. The Hall–Kier alpha value is -1.00. The highest BCUT2D eigenvalue weighted by Gasteiger charge is 2.44. The summed E-state index contributed by atoms with van der Waals surface area (Å²) in [5.41, 5.74) is -0.955. The van der Waals surface area contributed by atoms with Crippen molar-refractivity contribution in [2.24, 2.45) is 0 Å². The van der Waals surface area contributed by atoms with E-state index in [4.69, 9.17) is 0 Å². The first-order valence-corrected chi connectivity index (χ1v) is 7.36. The van der Waals surface area contributed by atoms with E-state index in [2.05, 4.69) is 11.9 Å². The molecule has 0 saturated carbocycles. The predicted octanol–water partition coefficient (Wildman–Crippen LogP) is 2.89. The van der Waals surface area contributed by atoms with E-state index in [1.807, 2.05) is 0 Å². The van der Waals surface area contributed by atoms with Gasteiger partial charge in [0.25, 0.3) is 0 Å². The number of nitrogens with zero attached hydrogens (tertiary/aromatic N) is 1. The summed E-state index contributed by atoms with van der Waals surface area (Å²) in [6.07, 6.45) is 4.60. The van der Waals surface area contributed by atoms with Crippen molar-refractivity contribution < 1.29 is 13.9 Å². The maximum atomic E-state index is 13.8. The highest BCUT2D eigenvalue weighted by atomic mass is 19.1. The topological polar surface area (TPSA) is 23.5 Å². The van der Waals surface area contributed by atoms with Crippen molar-refractivity contribution in [3.8, 4) is 0 Å². The fourth-order valence-corrected chi connectivity index (χ4v) is 3.92. The van der Waals surface area contributed by atoms with E-state index < -0.39 is 17.2 Å². The standard InChI is InChI=1S/C16H21F2NO/c1-19-11-4-2-5-12(19)9-16(20,8-11)10-13-14(17)6-3-7-15(13)18/h3,6-7,11-12,20H,2,4-5,8-10H2,1H3. The number of aliphatic hydroxyl groups is 1. The van der Waals surface area contributed by atoms with Crippen molar-refractivity contribution in [1.29, 1.82) is 0 Å². The summed E-state index contributed by atoms with van der Waals surface area (Å²) in [6.45, 7) is 0. The minimum absolute atomic E-state index is 0.0256. The molecule has 1 N–H and O–H groups in total. The van der Waals surface area contributed by atoms with Crippen LogP contribution in [-0.4, -0.2) is 34.7 Å². The third kappa shape index (κ3) is 2.47. The first-order valence-electron chi connectivity index (χ1n) is 7.36. The van der Waals surface area contributed by atoms with Gasteiger partial charge in [-0.05, 0) is 44.9 Å². The second-order valence-corrected chi connectivity index (χ2v) is 6.41. The average Bonchev–Trinajstić information content (AvgIpc) is 2.37. The first-order chi connectivity index (χ1) is 9.48. The minimum atomic E-state index is -0.981. The van der Waals surface area contributed by atoms with E-state index in [0.29, 0.717) is 24.9 Å². The first kappa shape index (κ1) is 14.0. The van der Waals surface area contributed by atoms with Crippen molar-refractivity contribution in [2.75, 3.05) is 7.05 Å². The molecule has 2 aliphatic rings. The Morgan fingerprint density at radius 3 is 2.30 bits per heavy atom. The SMILES string of the molecule is CN1C2CCCC1CC(O)(Cc1c(F)cccc1F)C2. The van der Waals surface area contributed by atoms with Crippen molar-refractivity contribution in [3.63, 3.8) is 0 Å². The van der Waals surface area contributed by atoms with Crippen molar-refractivity contribution in [3.05, 3.63) is 35.4 Å². The molecule has 1 aromatic rings. The Labute approximate surface area is 118 Å². The Morgan fingerprint density at radius 1 is 1.20 bits per heavy atom. The summed E-state index contributed by atoms with van der Waals surface area (Å²) in [5, 5.41) is 10.8. The quantitative estimate of drug-likeness (QED) is 0.901. The maximum absolute atomic E-state index is 13.8. The summed E-state index contributed by atoms with van der Waals surface area (Å²) in [7, 11) is 2.09. The van der Waals surface area contributed by atoms with Gasteiger partial charge in [0.1, 0.15) is 11.6 Å². The smallest absolute Gasteiger partial charge is 0.129 e. The van der Waals surface area contributed by atoms with Gasteiger partial charge in [-0.2, -0.15) is 0 Å². The molecule has 2 heterocycles. The number of fused-ring (bicyclic) bond motifs is 2. The van der Waals surface area contributed by atoms with Crippen molar-refractivity contribution >= 4 is 0 Å². The lowest BCUT2D eigenvalue weighted by molar-refractivity contribution is -0.0827. The van der Waals surface area contributed by atoms with Gasteiger partial charge in [0.05, 0.1) is 5.60 Å². The normalized spacial score (nSPS) is 34.2. The number of rotatable bonds is 2. The van der Waals surface area contributed by atoms with Crippen LogP contribution in [0.25, 0.3) is 0 Å². The zero-order chi connectivity index (χ0) is 14.3. The van der Waals surface area contributed by atoms with E-state index in [1.165, 1.54) is 24.6 Å². The van der Waals surface area contributed by atoms with Gasteiger partial charge in [0, 0.05) is 24.1 Å². The number of piperidine rings is 2. The monoisotopic (exact) mass is 281 g/mol. The number of hydrogen-bond acceptors (Lipinski definition) is 2. The third-order valence-electron chi connectivity index (χ3n) is 5.03. The number of benzene rings is 1. The zero-order valence-corrected chi connectivity index (χ0v) is 11.8. The molecular weight excluding hydrogens is 260 g/mol. The molecule has 2 bridgehead atoms. The van der Waals surface area contributed by atoms with Crippen molar-refractivity contribution in [1.82, 2.24) is 4.90 Å². The van der Waals surface area contributed by atoms with Crippen LogP contribution in [0.15, 0.2) is 18.2 Å². The Morgan fingerprint density at radius 2 is 1.75 bits per heavy atom. The van der Waals surface area contributed by atoms with Gasteiger partial charge in [0.15, 0.2) is 0 Å². The Bertz CT molecular complexity index is 471. The molecular formula is C16H21F2NO. The maximum Gasteiger partial charge on any atom is 0.129 e. The molecule has 0 aromatic heterocycles. The summed E-state index contributed by atoms with van der Waals surface area (Å²) >= 11 is 0. The summed E-state index contributed by atoms with van der Waals surface area (Å²) in [4.78, 5) is 2.33. The van der Waals surface area contributed by atoms with E-state index in [9.17, 15) is 13.9 Å². The summed E-state index contributed by atoms with van der Waals surface area (Å²) in [5.74, 6) is -1.11. The van der Waals surface area contributed by atoms with Crippen molar-refractivity contribution in [2.45, 2.75) is 56.2 Å². The molecule has 4 heteroatoms. The summed E-state index contributed by atoms with van der Waals surface area (Å²) in [6, 6.07) is 4.56. The molecule has 2 atom stereocenters. The predicted molar refractivity (Wildman–Crippen MR) is 73.4 cm³/mol. The Kier molecular flexibility index (Phi) is 3.55. The fourth-order valence-electron chi connectivity index (χ4n) is 3.92. The van der Waals surface area contributed by atoms with Crippen LogP contribution in [0.1, 0.15) is 37.7 Å². The van der Waals surface area contributed by atoms with Crippen LogP contribution < -0.4 is 0 Å². The second kappa shape index (κ2) is 5.08. The largest absolute Gasteiger partial charge is 0.389 e. The molecule has 2 saturated heterocycles. The molecule has 2 unspecified atom stereocenters. The number of hydrogen-bond donors (Lipinski definition) is 1. The third-order valence-corrected chi connectivity index (χ3v) is 5.03. The molecule has 0 aliphatic carbocycles. The van der Waals surface area contributed by atoms with Gasteiger partial charge in [-0.25, -0.2) is 8.78 Å². The van der Waals surface area contributed by atoms with Crippen LogP contribution in [0.3, 0.4) is 0 Å². The second-order valence-electron chi connectivity index (χ2n) is 6.41. The molecule has 0 spiro atoms. The fraction of sp³-hybridized carbons (Fsp3) is 0.625. The van der Waals surface area contributed by atoms with E-state index in [0.717, 1.165) is 12.8 Å². The summed E-state index contributed by atoms with van der Waals surface area (Å²) < 4.78 is 27.6. The molecule has 2 fully saturated rings. The lowest BCUT2D eigenvalue weighted by atomic mass is 9.73. The van der Waals surface area contributed by atoms with Crippen LogP contribution in [0.2, 0.25) is 0 Å². The molecule has 0 amide bonds. The van der Waals surface area contributed by atoms with Gasteiger partial charge < -0.3 is 10.0 Å². The highest BCUT2D eigenvalue weighted by Crippen LogP contribution is 2.40. The van der Waals surface area contributed by atoms with Crippen LogP contribution in [0.4, 0.5) is 8.78 Å². The molecule has 110 valence electrons. The lowest BCUT2D eigenvalue weighted by Crippen LogP contribution is -2.57. The minimum Gasteiger partial charge on any atom is -0.389 e. The Balaban J connectivity index is 1.83. The van der Waals surface area contributed by atoms with E-state index >= 15 is 0 Å². The van der Waals surface area contributed by atoms with Crippen LogP contribution in [0, 0.1) is 11.6 Å². The van der Waals surface area contributed by atoms with Gasteiger partial charge in [0.2, 0.25) is 0 Å². The molecule has 2 nitrogen and oxygen atoms in total. The molecule has 1 aromatic carbocycles. The van der Waals surface area contributed by atoms with Gasteiger partial charge >= 0.3 is 0 Å². The van der Waals surface area contributed by atoms with Crippen LogP contribution in [0.5, 0.6) is 0 Å².